The first-order valence-electron chi connectivity index (χ1n) is 4.75. The lowest BCUT2D eigenvalue weighted by Crippen LogP contribution is -2.09. The number of hydrogen-bond acceptors (Lipinski definition) is 3. The summed E-state index contributed by atoms with van der Waals surface area (Å²) in [5.41, 5.74) is 0. The van der Waals surface area contributed by atoms with Gasteiger partial charge in [0.25, 0.3) is 0 Å². The van der Waals surface area contributed by atoms with Crippen molar-refractivity contribution in [2.24, 2.45) is 0 Å². The van der Waals surface area contributed by atoms with Crippen molar-refractivity contribution in [3.05, 3.63) is 17.5 Å². The van der Waals surface area contributed by atoms with Gasteiger partial charge in [-0.2, -0.15) is 13.2 Å². The van der Waals surface area contributed by atoms with E-state index in [2.05, 4.69) is 15.3 Å². The van der Waals surface area contributed by atoms with E-state index < -0.39 is 12.6 Å². The molecular weight excluding hydrogens is 243 g/mol. The van der Waals surface area contributed by atoms with E-state index in [1.807, 2.05) is 0 Å². The Hall–Kier alpha value is -1.04. The average molecular weight is 254 g/mol. The van der Waals surface area contributed by atoms with Crippen LogP contribution in [-0.4, -0.2) is 22.7 Å². The van der Waals surface area contributed by atoms with Crippen molar-refractivity contribution >= 4 is 17.4 Å². The summed E-state index contributed by atoms with van der Waals surface area (Å²) < 4.78 is 35.4. The van der Waals surface area contributed by atoms with Crippen molar-refractivity contribution in [3.63, 3.8) is 0 Å². The number of halogens is 4. The molecule has 0 amide bonds. The summed E-state index contributed by atoms with van der Waals surface area (Å²) >= 11 is 5.60. The third kappa shape index (κ3) is 5.75. The minimum atomic E-state index is -4.07. The van der Waals surface area contributed by atoms with Crippen LogP contribution in [0.2, 0.25) is 5.15 Å². The summed E-state index contributed by atoms with van der Waals surface area (Å²) in [4.78, 5) is 7.54. The SMILES string of the molecule is FC(F)(F)CCCCNc1cc(Cl)ncn1. The molecule has 0 fully saturated rings. The highest BCUT2D eigenvalue weighted by Crippen LogP contribution is 2.22. The smallest absolute Gasteiger partial charge is 0.370 e. The Morgan fingerprint density at radius 3 is 2.62 bits per heavy atom. The minimum Gasteiger partial charge on any atom is -0.370 e. The first-order valence-corrected chi connectivity index (χ1v) is 5.13. The zero-order chi connectivity index (χ0) is 12.0. The van der Waals surface area contributed by atoms with Crippen LogP contribution in [-0.2, 0) is 0 Å². The molecule has 3 nitrogen and oxygen atoms in total. The lowest BCUT2D eigenvalue weighted by molar-refractivity contribution is -0.135. The van der Waals surface area contributed by atoms with Gasteiger partial charge >= 0.3 is 6.18 Å². The van der Waals surface area contributed by atoms with Crippen LogP contribution in [0.15, 0.2) is 12.4 Å². The third-order valence-electron chi connectivity index (χ3n) is 1.83. The van der Waals surface area contributed by atoms with E-state index in [0.29, 0.717) is 23.9 Å². The Morgan fingerprint density at radius 2 is 2.00 bits per heavy atom. The van der Waals surface area contributed by atoms with Crippen molar-refractivity contribution in [2.45, 2.75) is 25.4 Å². The Bertz CT molecular complexity index is 330. The number of aromatic nitrogens is 2. The van der Waals surface area contributed by atoms with Crippen molar-refractivity contribution in [2.75, 3.05) is 11.9 Å². The first kappa shape index (κ1) is 13.0. The van der Waals surface area contributed by atoms with Gasteiger partial charge in [-0.05, 0) is 12.8 Å². The lowest BCUT2D eigenvalue weighted by atomic mass is 10.2. The van der Waals surface area contributed by atoms with Gasteiger partial charge in [-0.25, -0.2) is 9.97 Å². The number of hydrogen-bond donors (Lipinski definition) is 1. The molecule has 1 aromatic heterocycles. The van der Waals surface area contributed by atoms with Crippen LogP contribution < -0.4 is 5.32 Å². The van der Waals surface area contributed by atoms with Crippen LogP contribution in [0, 0.1) is 0 Å². The van der Waals surface area contributed by atoms with E-state index in [0.717, 1.165) is 0 Å². The number of alkyl halides is 3. The Balaban J connectivity index is 2.17. The predicted molar refractivity (Wildman–Crippen MR) is 55.4 cm³/mol. The van der Waals surface area contributed by atoms with Crippen LogP contribution in [0.4, 0.5) is 19.0 Å². The van der Waals surface area contributed by atoms with E-state index in [1.165, 1.54) is 12.4 Å². The number of rotatable bonds is 5. The van der Waals surface area contributed by atoms with Crippen LogP contribution in [0.25, 0.3) is 0 Å². The van der Waals surface area contributed by atoms with Gasteiger partial charge in [0, 0.05) is 19.0 Å². The van der Waals surface area contributed by atoms with Gasteiger partial charge < -0.3 is 5.32 Å². The van der Waals surface area contributed by atoms with Gasteiger partial charge in [0.1, 0.15) is 17.3 Å². The molecule has 0 aromatic carbocycles. The summed E-state index contributed by atoms with van der Waals surface area (Å²) in [6, 6.07) is 1.52. The molecule has 7 heteroatoms. The highest BCUT2D eigenvalue weighted by molar-refractivity contribution is 6.29. The van der Waals surface area contributed by atoms with E-state index in [1.54, 1.807) is 0 Å². The van der Waals surface area contributed by atoms with Crippen molar-refractivity contribution in [3.8, 4) is 0 Å². The van der Waals surface area contributed by atoms with Crippen LogP contribution in [0.5, 0.6) is 0 Å². The molecule has 1 aromatic rings. The summed E-state index contributed by atoms with van der Waals surface area (Å²) in [5.74, 6) is 0.520. The van der Waals surface area contributed by atoms with Gasteiger partial charge in [-0.3, -0.25) is 0 Å². The average Bonchev–Trinajstić information content (AvgIpc) is 2.15. The maximum Gasteiger partial charge on any atom is 0.389 e. The maximum absolute atomic E-state index is 11.8. The fourth-order valence-corrected chi connectivity index (χ4v) is 1.24. The van der Waals surface area contributed by atoms with Crippen molar-refractivity contribution in [1.82, 2.24) is 9.97 Å². The summed E-state index contributed by atoms with van der Waals surface area (Å²) in [6.45, 7) is 0.434. The standard InChI is InChI=1S/C9H11ClF3N3/c10-7-5-8(16-6-15-7)14-4-2-1-3-9(11,12)13/h5-6H,1-4H2,(H,14,15,16). The highest BCUT2D eigenvalue weighted by atomic mass is 35.5. The van der Waals surface area contributed by atoms with Crippen LogP contribution in [0.1, 0.15) is 19.3 Å². The monoisotopic (exact) mass is 253 g/mol. The summed E-state index contributed by atoms with van der Waals surface area (Å²) in [6.07, 6.45) is -2.99. The minimum absolute atomic E-state index is 0.106. The van der Waals surface area contributed by atoms with E-state index in [-0.39, 0.29) is 6.42 Å². The Kier molecular flexibility index (Phi) is 4.79. The van der Waals surface area contributed by atoms with E-state index in [4.69, 9.17) is 11.6 Å². The molecule has 1 N–H and O–H groups in total. The maximum atomic E-state index is 11.8. The lowest BCUT2D eigenvalue weighted by Gasteiger charge is -2.07. The molecule has 0 bridgehead atoms. The molecule has 16 heavy (non-hydrogen) atoms. The van der Waals surface area contributed by atoms with Gasteiger partial charge in [-0.1, -0.05) is 11.6 Å². The second-order valence-electron chi connectivity index (χ2n) is 3.23. The molecule has 0 saturated heterocycles. The molecule has 1 heterocycles. The molecular formula is C9H11ClF3N3. The molecule has 0 spiro atoms. The van der Waals surface area contributed by atoms with Crippen LogP contribution >= 0.6 is 11.6 Å². The number of nitrogens with zero attached hydrogens (tertiary/aromatic N) is 2. The number of nitrogens with one attached hydrogen (secondary N) is 1. The molecule has 0 radical (unpaired) electrons. The van der Waals surface area contributed by atoms with E-state index in [9.17, 15) is 13.2 Å². The molecule has 0 unspecified atom stereocenters. The molecule has 0 atom stereocenters. The topological polar surface area (TPSA) is 37.8 Å². The normalized spacial score (nSPS) is 11.5. The molecule has 0 aliphatic carbocycles. The first-order chi connectivity index (χ1) is 7.47. The van der Waals surface area contributed by atoms with Crippen molar-refractivity contribution < 1.29 is 13.2 Å². The number of anilines is 1. The zero-order valence-electron chi connectivity index (χ0n) is 8.39. The third-order valence-corrected chi connectivity index (χ3v) is 2.03. The molecule has 0 aliphatic heterocycles. The molecule has 0 aliphatic rings. The molecule has 0 saturated carbocycles. The molecule has 90 valence electrons. The fraction of sp³-hybridized carbons (Fsp3) is 0.556. The molecule has 1 rings (SSSR count). The predicted octanol–water partition coefficient (Wildman–Crippen LogP) is 3.27. The Labute approximate surface area is 96.0 Å². The number of unbranched alkanes of at least 4 members (excludes halogenated alkanes) is 1. The Morgan fingerprint density at radius 1 is 1.25 bits per heavy atom. The summed E-state index contributed by atoms with van der Waals surface area (Å²) in [7, 11) is 0. The fourth-order valence-electron chi connectivity index (χ4n) is 1.10. The largest absolute Gasteiger partial charge is 0.389 e. The second-order valence-corrected chi connectivity index (χ2v) is 3.61. The van der Waals surface area contributed by atoms with Gasteiger partial charge in [-0.15, -0.1) is 0 Å². The van der Waals surface area contributed by atoms with Gasteiger partial charge in [0.2, 0.25) is 0 Å². The highest BCUT2D eigenvalue weighted by Gasteiger charge is 2.25. The van der Waals surface area contributed by atoms with Crippen LogP contribution in [0.3, 0.4) is 0 Å². The zero-order valence-corrected chi connectivity index (χ0v) is 9.15. The van der Waals surface area contributed by atoms with Gasteiger partial charge in [0.15, 0.2) is 0 Å². The van der Waals surface area contributed by atoms with Crippen molar-refractivity contribution in [1.29, 1.82) is 0 Å². The quantitative estimate of drug-likeness (QED) is 0.646. The summed E-state index contributed by atoms with van der Waals surface area (Å²) in [5, 5.41) is 3.17. The second kappa shape index (κ2) is 5.89. The van der Waals surface area contributed by atoms with E-state index >= 15 is 0 Å². The van der Waals surface area contributed by atoms with Gasteiger partial charge in [0.05, 0.1) is 0 Å².